The van der Waals surface area contributed by atoms with Gasteiger partial charge in [-0.3, -0.25) is 0 Å². The highest BCUT2D eigenvalue weighted by molar-refractivity contribution is 9.10. The predicted octanol–water partition coefficient (Wildman–Crippen LogP) is 5.65. The molecule has 1 nitrogen and oxygen atoms in total. The molecule has 0 heterocycles. The average Bonchev–Trinajstić information content (AvgIpc) is 2.39. The SMILES string of the molecule is CC(N[C@@H](C)c1ccc(F)cc1)c1ccc(Br)cc1Cl. The van der Waals surface area contributed by atoms with Gasteiger partial charge in [0.05, 0.1) is 0 Å². The maximum atomic E-state index is 12.9. The molecule has 0 aromatic heterocycles. The van der Waals surface area contributed by atoms with E-state index in [1.807, 2.05) is 18.2 Å². The molecule has 0 bridgehead atoms. The van der Waals surface area contributed by atoms with Gasteiger partial charge in [-0.05, 0) is 49.2 Å². The molecule has 0 aliphatic rings. The van der Waals surface area contributed by atoms with Crippen molar-refractivity contribution in [1.29, 1.82) is 0 Å². The fourth-order valence-electron chi connectivity index (χ4n) is 2.17. The molecule has 0 saturated heterocycles. The van der Waals surface area contributed by atoms with E-state index in [2.05, 4.69) is 35.1 Å². The van der Waals surface area contributed by atoms with Crippen molar-refractivity contribution in [3.05, 3.63) is 68.9 Å². The highest BCUT2D eigenvalue weighted by Crippen LogP contribution is 2.28. The van der Waals surface area contributed by atoms with Crippen LogP contribution < -0.4 is 5.32 Å². The van der Waals surface area contributed by atoms with Gasteiger partial charge < -0.3 is 5.32 Å². The number of halogens is 3. The Morgan fingerprint density at radius 1 is 1.05 bits per heavy atom. The lowest BCUT2D eigenvalue weighted by molar-refractivity contribution is 0.494. The quantitative estimate of drug-likeness (QED) is 0.746. The number of hydrogen-bond donors (Lipinski definition) is 1. The highest BCUT2D eigenvalue weighted by Gasteiger charge is 2.13. The normalized spacial score (nSPS) is 14.1. The van der Waals surface area contributed by atoms with E-state index in [0.29, 0.717) is 0 Å². The molecule has 2 atom stereocenters. The molecular weight excluding hydrogens is 341 g/mol. The summed E-state index contributed by atoms with van der Waals surface area (Å²) in [6, 6.07) is 12.6. The Bertz CT molecular complexity index is 586. The van der Waals surface area contributed by atoms with Crippen LogP contribution in [0, 0.1) is 5.82 Å². The van der Waals surface area contributed by atoms with Crippen molar-refractivity contribution in [1.82, 2.24) is 5.32 Å². The minimum absolute atomic E-state index is 0.107. The molecular formula is C16H16BrClFN. The van der Waals surface area contributed by atoms with Crippen LogP contribution in [0.5, 0.6) is 0 Å². The summed E-state index contributed by atoms with van der Waals surface area (Å²) in [5.41, 5.74) is 2.09. The second kappa shape index (κ2) is 6.70. The van der Waals surface area contributed by atoms with Crippen molar-refractivity contribution < 1.29 is 4.39 Å². The molecule has 0 spiro atoms. The third-order valence-electron chi connectivity index (χ3n) is 3.30. The molecule has 0 fully saturated rings. The van der Waals surface area contributed by atoms with Gasteiger partial charge in [-0.2, -0.15) is 0 Å². The topological polar surface area (TPSA) is 12.0 Å². The fraction of sp³-hybridized carbons (Fsp3) is 0.250. The van der Waals surface area contributed by atoms with Crippen LogP contribution >= 0.6 is 27.5 Å². The molecule has 4 heteroatoms. The Hall–Kier alpha value is -0.900. The van der Waals surface area contributed by atoms with Gasteiger partial charge in [0.15, 0.2) is 0 Å². The van der Waals surface area contributed by atoms with E-state index in [0.717, 1.165) is 20.6 Å². The molecule has 1 unspecified atom stereocenters. The van der Waals surface area contributed by atoms with Crippen molar-refractivity contribution in [2.75, 3.05) is 0 Å². The van der Waals surface area contributed by atoms with Gasteiger partial charge in [0, 0.05) is 21.6 Å². The molecule has 0 amide bonds. The molecule has 0 aliphatic heterocycles. The Balaban J connectivity index is 2.10. The smallest absolute Gasteiger partial charge is 0.123 e. The van der Waals surface area contributed by atoms with E-state index in [-0.39, 0.29) is 17.9 Å². The second-order valence-electron chi connectivity index (χ2n) is 4.83. The summed E-state index contributed by atoms with van der Waals surface area (Å²) >= 11 is 9.65. The maximum absolute atomic E-state index is 12.9. The fourth-order valence-corrected chi connectivity index (χ4v) is 3.00. The van der Waals surface area contributed by atoms with E-state index in [4.69, 9.17) is 11.6 Å². The van der Waals surface area contributed by atoms with Crippen molar-refractivity contribution in [3.8, 4) is 0 Å². The van der Waals surface area contributed by atoms with Gasteiger partial charge in [-0.1, -0.05) is 45.7 Å². The van der Waals surface area contributed by atoms with E-state index < -0.39 is 0 Å². The first-order chi connectivity index (χ1) is 9.47. The first kappa shape index (κ1) is 15.5. The van der Waals surface area contributed by atoms with Gasteiger partial charge in [-0.25, -0.2) is 4.39 Å². The van der Waals surface area contributed by atoms with Crippen LogP contribution in [-0.2, 0) is 0 Å². The minimum atomic E-state index is -0.218. The van der Waals surface area contributed by atoms with Crippen LogP contribution in [0.3, 0.4) is 0 Å². The molecule has 2 aromatic carbocycles. The van der Waals surface area contributed by atoms with Gasteiger partial charge in [0.25, 0.3) is 0 Å². The van der Waals surface area contributed by atoms with Crippen LogP contribution in [0.15, 0.2) is 46.9 Å². The summed E-state index contributed by atoms with van der Waals surface area (Å²) in [6.45, 7) is 4.12. The minimum Gasteiger partial charge on any atom is -0.304 e. The molecule has 0 aliphatic carbocycles. The standard InChI is InChI=1S/C16H16BrClFN/c1-10(12-3-6-14(19)7-4-12)20-11(2)15-8-5-13(17)9-16(15)18/h3-11,20H,1-2H3/t10-,11?/m0/s1. The molecule has 2 rings (SSSR count). The third kappa shape index (κ3) is 3.81. The maximum Gasteiger partial charge on any atom is 0.123 e. The molecule has 2 aromatic rings. The lowest BCUT2D eigenvalue weighted by Gasteiger charge is -2.21. The van der Waals surface area contributed by atoms with Crippen LogP contribution in [0.25, 0.3) is 0 Å². The average molecular weight is 357 g/mol. The zero-order chi connectivity index (χ0) is 14.7. The number of rotatable bonds is 4. The van der Waals surface area contributed by atoms with E-state index in [1.165, 1.54) is 12.1 Å². The molecule has 106 valence electrons. The highest BCUT2D eigenvalue weighted by atomic mass is 79.9. The zero-order valence-corrected chi connectivity index (χ0v) is 13.7. The molecule has 20 heavy (non-hydrogen) atoms. The summed E-state index contributed by atoms with van der Waals surface area (Å²) in [7, 11) is 0. The van der Waals surface area contributed by atoms with Crippen LogP contribution in [0.4, 0.5) is 4.39 Å². The predicted molar refractivity (Wildman–Crippen MR) is 85.5 cm³/mol. The van der Waals surface area contributed by atoms with Crippen LogP contribution in [0.1, 0.15) is 37.1 Å². The number of hydrogen-bond acceptors (Lipinski definition) is 1. The summed E-state index contributed by atoms with van der Waals surface area (Å²) in [5.74, 6) is -0.218. The van der Waals surface area contributed by atoms with Crippen molar-refractivity contribution in [2.24, 2.45) is 0 Å². The van der Waals surface area contributed by atoms with Crippen molar-refractivity contribution in [3.63, 3.8) is 0 Å². The summed E-state index contributed by atoms with van der Waals surface area (Å²) in [6.07, 6.45) is 0. The van der Waals surface area contributed by atoms with Crippen molar-refractivity contribution >= 4 is 27.5 Å². The first-order valence-corrected chi connectivity index (χ1v) is 7.61. The molecule has 0 radical (unpaired) electrons. The van der Waals surface area contributed by atoms with Crippen LogP contribution in [-0.4, -0.2) is 0 Å². The lowest BCUT2D eigenvalue weighted by Crippen LogP contribution is -2.22. The van der Waals surface area contributed by atoms with E-state index >= 15 is 0 Å². The Morgan fingerprint density at radius 3 is 2.30 bits per heavy atom. The van der Waals surface area contributed by atoms with Crippen LogP contribution in [0.2, 0.25) is 5.02 Å². The van der Waals surface area contributed by atoms with Gasteiger partial charge in [-0.15, -0.1) is 0 Å². The number of benzene rings is 2. The molecule has 0 saturated carbocycles. The number of nitrogens with one attached hydrogen (secondary N) is 1. The third-order valence-corrected chi connectivity index (χ3v) is 4.12. The first-order valence-electron chi connectivity index (χ1n) is 6.44. The summed E-state index contributed by atoms with van der Waals surface area (Å²) in [5, 5.41) is 4.20. The molecule has 1 N–H and O–H groups in total. The largest absolute Gasteiger partial charge is 0.304 e. The van der Waals surface area contributed by atoms with Crippen molar-refractivity contribution in [2.45, 2.75) is 25.9 Å². The second-order valence-corrected chi connectivity index (χ2v) is 6.15. The monoisotopic (exact) mass is 355 g/mol. The Morgan fingerprint density at radius 2 is 1.70 bits per heavy atom. The lowest BCUT2D eigenvalue weighted by atomic mass is 10.0. The van der Waals surface area contributed by atoms with E-state index in [1.54, 1.807) is 12.1 Å². The summed E-state index contributed by atoms with van der Waals surface area (Å²) < 4.78 is 13.9. The Kier molecular flexibility index (Phi) is 5.19. The van der Waals surface area contributed by atoms with Gasteiger partial charge in [0.2, 0.25) is 0 Å². The Labute approximate surface area is 132 Å². The van der Waals surface area contributed by atoms with E-state index in [9.17, 15) is 4.39 Å². The summed E-state index contributed by atoms with van der Waals surface area (Å²) in [4.78, 5) is 0. The van der Waals surface area contributed by atoms with Gasteiger partial charge in [0.1, 0.15) is 5.82 Å². The van der Waals surface area contributed by atoms with Gasteiger partial charge >= 0.3 is 0 Å². The zero-order valence-electron chi connectivity index (χ0n) is 11.3.